The summed E-state index contributed by atoms with van der Waals surface area (Å²) in [5.41, 5.74) is 18.8. The Hall–Kier alpha value is -7.52. The summed E-state index contributed by atoms with van der Waals surface area (Å²) in [6, 6.07) is 84.3. The van der Waals surface area contributed by atoms with E-state index in [1.165, 1.54) is 130 Å². The first-order chi connectivity index (χ1) is 33.6. The van der Waals surface area contributed by atoms with Crippen molar-refractivity contribution in [1.82, 2.24) is 0 Å². The standard InChI is InChI=1S/C66H51NS/c1-66(48-23-6-3-7-24-48)59-33-12-8-25-51(59)52-42-39-47(43-60(52)66)44-37-40-49(41-38-44)67(62-35-14-10-27-54(62)57-31-18-32-58-55-28-11-15-36-63(55)68-65(57)58)61-34-13-9-26-53(61)56-30-17-22-46-21-16-29-50(64(46)56)45-19-4-2-5-20-45/h3,6-18,21-43,45H,2,4-5,19-20H2,1H3. The van der Waals surface area contributed by atoms with Gasteiger partial charge >= 0.3 is 0 Å². The van der Waals surface area contributed by atoms with Crippen LogP contribution in [0.5, 0.6) is 0 Å². The molecule has 10 aromatic carbocycles. The van der Waals surface area contributed by atoms with Crippen molar-refractivity contribution >= 4 is 59.3 Å². The van der Waals surface area contributed by atoms with Crippen LogP contribution in [0.4, 0.5) is 17.1 Å². The minimum atomic E-state index is -0.261. The highest BCUT2D eigenvalue weighted by Crippen LogP contribution is 2.54. The van der Waals surface area contributed by atoms with Gasteiger partial charge in [0.15, 0.2) is 0 Å². The molecule has 326 valence electrons. The number of hydrogen-bond donors (Lipinski definition) is 0. The third-order valence-corrected chi connectivity index (χ3v) is 16.6. The van der Waals surface area contributed by atoms with Gasteiger partial charge in [0.1, 0.15) is 0 Å². The van der Waals surface area contributed by atoms with E-state index in [1.54, 1.807) is 0 Å². The Morgan fingerprint density at radius 3 is 1.82 bits per heavy atom. The van der Waals surface area contributed by atoms with Crippen molar-refractivity contribution in [2.75, 3.05) is 4.90 Å². The molecule has 1 aromatic heterocycles. The van der Waals surface area contributed by atoms with Gasteiger partial charge in [-0.05, 0) is 123 Å². The molecule has 0 bridgehead atoms. The quantitative estimate of drug-likeness (QED) is 0.147. The fourth-order valence-corrected chi connectivity index (χ4v) is 13.3. The highest BCUT2D eigenvalue weighted by Gasteiger charge is 2.40. The summed E-state index contributed by atoms with van der Waals surface area (Å²) in [4.78, 5) is 2.54. The van der Waals surface area contributed by atoms with E-state index in [2.05, 4.69) is 236 Å². The second-order valence-corrected chi connectivity index (χ2v) is 20.1. The Bertz CT molecular complexity index is 3680. The van der Waals surface area contributed by atoms with E-state index in [1.807, 2.05) is 11.3 Å². The minimum Gasteiger partial charge on any atom is -0.309 e. The molecule has 68 heavy (non-hydrogen) atoms. The summed E-state index contributed by atoms with van der Waals surface area (Å²) >= 11 is 1.90. The Balaban J connectivity index is 0.997. The Kier molecular flexibility index (Phi) is 9.98. The van der Waals surface area contributed by atoms with Gasteiger partial charge < -0.3 is 4.90 Å². The van der Waals surface area contributed by atoms with Gasteiger partial charge in [-0.2, -0.15) is 0 Å². The number of hydrogen-bond acceptors (Lipinski definition) is 2. The van der Waals surface area contributed by atoms with Crippen LogP contribution in [-0.2, 0) is 5.41 Å². The number of benzene rings is 10. The average Bonchev–Trinajstić information content (AvgIpc) is 3.92. The van der Waals surface area contributed by atoms with Crippen LogP contribution >= 0.6 is 11.3 Å². The molecule has 1 unspecified atom stereocenters. The molecule has 0 spiro atoms. The summed E-state index contributed by atoms with van der Waals surface area (Å²) in [5.74, 6) is 0.575. The van der Waals surface area contributed by atoms with Crippen molar-refractivity contribution in [3.63, 3.8) is 0 Å². The maximum absolute atomic E-state index is 2.54. The predicted molar refractivity (Wildman–Crippen MR) is 291 cm³/mol. The zero-order valence-electron chi connectivity index (χ0n) is 38.3. The second-order valence-electron chi connectivity index (χ2n) is 19.1. The van der Waals surface area contributed by atoms with Gasteiger partial charge in [-0.15, -0.1) is 11.3 Å². The molecule has 2 aliphatic rings. The van der Waals surface area contributed by atoms with Crippen LogP contribution in [0.15, 0.2) is 224 Å². The van der Waals surface area contributed by atoms with E-state index in [0.717, 1.165) is 17.1 Å². The Labute approximate surface area is 403 Å². The number of fused-ring (bicyclic) bond motifs is 7. The molecule has 1 nitrogen and oxygen atoms in total. The maximum Gasteiger partial charge on any atom is 0.0540 e. The summed E-state index contributed by atoms with van der Waals surface area (Å²) in [6.45, 7) is 2.40. The maximum atomic E-state index is 2.54. The molecule has 0 radical (unpaired) electrons. The molecule has 13 rings (SSSR count). The van der Waals surface area contributed by atoms with Crippen molar-refractivity contribution in [3.8, 4) is 44.5 Å². The lowest BCUT2D eigenvalue weighted by Crippen LogP contribution is -2.22. The third kappa shape index (κ3) is 6.57. The zero-order valence-corrected chi connectivity index (χ0v) is 39.1. The molecular weight excluding hydrogens is 839 g/mol. The van der Waals surface area contributed by atoms with Crippen LogP contribution in [0, 0.1) is 0 Å². The monoisotopic (exact) mass is 889 g/mol. The number of nitrogens with zero attached hydrogens (tertiary/aromatic N) is 1. The molecule has 0 amide bonds. The van der Waals surface area contributed by atoms with Crippen LogP contribution in [-0.4, -0.2) is 0 Å². The van der Waals surface area contributed by atoms with Crippen molar-refractivity contribution in [2.45, 2.75) is 50.4 Å². The van der Waals surface area contributed by atoms with Gasteiger partial charge in [0.25, 0.3) is 0 Å². The molecule has 2 heteroatoms. The van der Waals surface area contributed by atoms with Gasteiger partial charge in [0.05, 0.1) is 11.4 Å². The normalized spacial score (nSPS) is 15.7. The number of para-hydroxylation sites is 2. The van der Waals surface area contributed by atoms with E-state index < -0.39 is 0 Å². The van der Waals surface area contributed by atoms with Gasteiger partial charge in [0.2, 0.25) is 0 Å². The first-order valence-electron chi connectivity index (χ1n) is 24.4. The lowest BCUT2D eigenvalue weighted by molar-refractivity contribution is 0.445. The lowest BCUT2D eigenvalue weighted by atomic mass is 9.74. The van der Waals surface area contributed by atoms with E-state index in [4.69, 9.17) is 0 Å². The Morgan fingerprint density at radius 1 is 0.441 bits per heavy atom. The third-order valence-electron chi connectivity index (χ3n) is 15.4. The minimum absolute atomic E-state index is 0.261. The van der Waals surface area contributed by atoms with E-state index in [-0.39, 0.29) is 5.41 Å². The van der Waals surface area contributed by atoms with Crippen LogP contribution in [0.2, 0.25) is 0 Å². The zero-order chi connectivity index (χ0) is 45.2. The average molecular weight is 890 g/mol. The first kappa shape index (κ1) is 40.7. The molecule has 1 fully saturated rings. The van der Waals surface area contributed by atoms with Crippen molar-refractivity contribution in [3.05, 3.63) is 247 Å². The SMILES string of the molecule is CC1(c2ccccc2)c2ccccc2-c2ccc(-c3ccc(N(c4ccccc4-c4cccc5c4sc4ccccc45)c4ccccc4-c4cccc5cccc(C6CCCCC6)c45)cc3)cc21. The molecule has 1 saturated carbocycles. The molecule has 2 aliphatic carbocycles. The lowest BCUT2D eigenvalue weighted by Gasteiger charge is -2.31. The summed E-state index contributed by atoms with van der Waals surface area (Å²) in [7, 11) is 0. The van der Waals surface area contributed by atoms with Gasteiger partial charge in [-0.1, -0.05) is 207 Å². The van der Waals surface area contributed by atoms with Crippen LogP contribution in [0.25, 0.3) is 75.5 Å². The predicted octanol–water partition coefficient (Wildman–Crippen LogP) is 19.1. The summed E-state index contributed by atoms with van der Waals surface area (Å²) < 4.78 is 2.63. The summed E-state index contributed by atoms with van der Waals surface area (Å²) in [6.07, 6.45) is 6.46. The first-order valence-corrected chi connectivity index (χ1v) is 25.3. The van der Waals surface area contributed by atoms with E-state index in [9.17, 15) is 0 Å². The fourth-order valence-electron chi connectivity index (χ4n) is 12.1. The van der Waals surface area contributed by atoms with Crippen LogP contribution in [0.3, 0.4) is 0 Å². The van der Waals surface area contributed by atoms with E-state index in [0.29, 0.717) is 5.92 Å². The van der Waals surface area contributed by atoms with Crippen molar-refractivity contribution in [2.24, 2.45) is 0 Å². The topological polar surface area (TPSA) is 3.24 Å². The molecule has 0 N–H and O–H groups in total. The van der Waals surface area contributed by atoms with Crippen LogP contribution in [0.1, 0.15) is 67.2 Å². The number of thiophene rings is 1. The van der Waals surface area contributed by atoms with Crippen molar-refractivity contribution in [1.29, 1.82) is 0 Å². The molecular formula is C66H51NS. The second kappa shape index (κ2) is 16.7. The molecule has 1 atom stereocenters. The highest BCUT2D eigenvalue weighted by atomic mass is 32.1. The highest BCUT2D eigenvalue weighted by molar-refractivity contribution is 7.26. The largest absolute Gasteiger partial charge is 0.309 e. The fraction of sp³-hybridized carbons (Fsp3) is 0.121. The Morgan fingerprint density at radius 2 is 1.03 bits per heavy atom. The number of anilines is 3. The smallest absolute Gasteiger partial charge is 0.0540 e. The van der Waals surface area contributed by atoms with E-state index >= 15 is 0 Å². The number of rotatable bonds is 8. The van der Waals surface area contributed by atoms with Gasteiger partial charge in [-0.3, -0.25) is 0 Å². The molecule has 1 heterocycles. The molecule has 0 aliphatic heterocycles. The summed E-state index contributed by atoms with van der Waals surface area (Å²) in [5, 5.41) is 5.33. The van der Waals surface area contributed by atoms with Crippen molar-refractivity contribution < 1.29 is 0 Å². The molecule has 0 saturated heterocycles. The van der Waals surface area contributed by atoms with Gasteiger partial charge in [0, 0.05) is 48.0 Å². The molecule has 11 aromatic rings. The van der Waals surface area contributed by atoms with Gasteiger partial charge in [-0.25, -0.2) is 0 Å². The van der Waals surface area contributed by atoms with Crippen LogP contribution < -0.4 is 4.90 Å².